The number of nitrogens with one attached hydrogen (secondary N) is 1. The Morgan fingerprint density at radius 1 is 1.10 bits per heavy atom. The highest BCUT2D eigenvalue weighted by atomic mass is 35.5. The van der Waals surface area contributed by atoms with Crippen molar-refractivity contribution in [2.24, 2.45) is 0 Å². The summed E-state index contributed by atoms with van der Waals surface area (Å²) in [6.07, 6.45) is 4.32. The number of benzene rings is 2. The van der Waals surface area contributed by atoms with Gasteiger partial charge in [-0.25, -0.2) is 5.48 Å². The number of anilines is 1. The van der Waals surface area contributed by atoms with Crippen LogP contribution in [0.2, 0.25) is 5.02 Å². The van der Waals surface area contributed by atoms with E-state index < -0.39 is 5.91 Å². The van der Waals surface area contributed by atoms with E-state index in [0.717, 1.165) is 29.8 Å². The van der Waals surface area contributed by atoms with Crippen molar-refractivity contribution < 1.29 is 14.8 Å². The third kappa shape index (κ3) is 4.13. The minimum absolute atomic E-state index is 0.146. The van der Waals surface area contributed by atoms with Crippen LogP contribution in [-0.2, 0) is 16.0 Å². The van der Waals surface area contributed by atoms with E-state index in [-0.39, 0.29) is 18.0 Å². The lowest BCUT2D eigenvalue weighted by Gasteiger charge is -2.36. The van der Waals surface area contributed by atoms with Crippen LogP contribution in [0.25, 0.3) is 6.08 Å². The molecule has 2 aliphatic heterocycles. The van der Waals surface area contributed by atoms with Crippen molar-refractivity contribution in [3.63, 3.8) is 0 Å². The average molecular weight is 412 g/mol. The van der Waals surface area contributed by atoms with Gasteiger partial charge in [0.15, 0.2) is 0 Å². The predicted molar refractivity (Wildman–Crippen MR) is 112 cm³/mol. The third-order valence-corrected chi connectivity index (χ3v) is 5.85. The standard InChI is InChI=1S/C22H22ClN3O3/c23-17-8-5-15(6-9-17)11-22(28)26-14-18-12-19(26)13-25(18)20-4-2-1-3-16(20)7-10-21(27)24-29/h1-10,18-19,29H,11-14H2,(H,24,27)/b10-7+/t18-,19-/m0/s1. The number of piperazine rings is 1. The number of nitrogens with zero attached hydrogens (tertiary/aromatic N) is 2. The fourth-order valence-corrected chi connectivity index (χ4v) is 4.36. The molecule has 2 aromatic rings. The van der Waals surface area contributed by atoms with Crippen molar-refractivity contribution in [1.29, 1.82) is 0 Å². The molecule has 2 aromatic carbocycles. The summed E-state index contributed by atoms with van der Waals surface area (Å²) < 4.78 is 0. The van der Waals surface area contributed by atoms with Gasteiger partial charge in [-0.3, -0.25) is 14.8 Å². The zero-order valence-electron chi connectivity index (χ0n) is 15.8. The van der Waals surface area contributed by atoms with E-state index in [9.17, 15) is 9.59 Å². The summed E-state index contributed by atoms with van der Waals surface area (Å²) in [5.74, 6) is -0.422. The Hall–Kier alpha value is -2.83. The van der Waals surface area contributed by atoms with Crippen LogP contribution in [0.1, 0.15) is 17.5 Å². The Morgan fingerprint density at radius 3 is 2.55 bits per heavy atom. The Bertz CT molecular complexity index is 945. The summed E-state index contributed by atoms with van der Waals surface area (Å²) in [5, 5.41) is 9.34. The van der Waals surface area contributed by atoms with Gasteiger partial charge in [-0.2, -0.15) is 0 Å². The molecule has 2 aliphatic rings. The van der Waals surface area contributed by atoms with Crippen molar-refractivity contribution in [3.8, 4) is 0 Å². The van der Waals surface area contributed by atoms with Crippen LogP contribution < -0.4 is 10.4 Å². The highest BCUT2D eigenvalue weighted by molar-refractivity contribution is 6.30. The van der Waals surface area contributed by atoms with Crippen LogP contribution in [0.5, 0.6) is 0 Å². The summed E-state index contributed by atoms with van der Waals surface area (Å²) in [6.45, 7) is 1.47. The number of amides is 2. The normalized spacial score (nSPS) is 20.5. The molecular formula is C22H22ClN3O3. The molecule has 2 bridgehead atoms. The van der Waals surface area contributed by atoms with Gasteiger partial charge >= 0.3 is 0 Å². The number of carbonyl (C=O) groups excluding carboxylic acids is 2. The summed E-state index contributed by atoms with van der Waals surface area (Å²) in [6, 6.07) is 15.7. The molecule has 2 saturated heterocycles. The highest BCUT2D eigenvalue weighted by Crippen LogP contribution is 2.36. The first-order valence-corrected chi connectivity index (χ1v) is 9.94. The number of fused-ring (bicyclic) bond motifs is 2. The van der Waals surface area contributed by atoms with Gasteiger partial charge in [0, 0.05) is 35.9 Å². The zero-order valence-corrected chi connectivity index (χ0v) is 16.5. The maximum atomic E-state index is 12.8. The molecule has 29 heavy (non-hydrogen) atoms. The molecule has 2 heterocycles. The van der Waals surface area contributed by atoms with E-state index >= 15 is 0 Å². The molecule has 2 N–H and O–H groups in total. The van der Waals surface area contributed by atoms with Gasteiger partial charge in [-0.1, -0.05) is 41.9 Å². The maximum Gasteiger partial charge on any atom is 0.267 e. The number of rotatable bonds is 5. The van der Waals surface area contributed by atoms with Gasteiger partial charge in [-0.15, -0.1) is 0 Å². The highest BCUT2D eigenvalue weighted by Gasteiger charge is 2.45. The van der Waals surface area contributed by atoms with E-state index in [4.69, 9.17) is 16.8 Å². The second kappa shape index (κ2) is 8.27. The number of halogens is 1. The van der Waals surface area contributed by atoms with Gasteiger partial charge in [-0.05, 0) is 41.8 Å². The van der Waals surface area contributed by atoms with Gasteiger partial charge in [0.2, 0.25) is 5.91 Å². The van der Waals surface area contributed by atoms with Crippen molar-refractivity contribution in [1.82, 2.24) is 10.4 Å². The molecule has 0 aromatic heterocycles. The molecule has 150 valence electrons. The van der Waals surface area contributed by atoms with E-state index in [1.165, 1.54) is 6.08 Å². The molecule has 4 rings (SSSR count). The Balaban J connectivity index is 1.44. The molecule has 2 fully saturated rings. The molecule has 2 atom stereocenters. The number of hydroxylamine groups is 1. The number of hydrogen-bond acceptors (Lipinski definition) is 4. The van der Waals surface area contributed by atoms with Crippen molar-refractivity contribution in [2.75, 3.05) is 18.0 Å². The molecular weight excluding hydrogens is 390 g/mol. The van der Waals surface area contributed by atoms with E-state index in [1.807, 2.05) is 53.4 Å². The Labute approximate surface area is 174 Å². The molecule has 2 amide bonds. The predicted octanol–water partition coefficient (Wildman–Crippen LogP) is 2.89. The molecule has 0 radical (unpaired) electrons. The quantitative estimate of drug-likeness (QED) is 0.451. The monoisotopic (exact) mass is 411 g/mol. The van der Waals surface area contributed by atoms with Crippen LogP contribution in [0.4, 0.5) is 5.69 Å². The number of carbonyl (C=O) groups is 2. The first-order valence-electron chi connectivity index (χ1n) is 9.57. The van der Waals surface area contributed by atoms with E-state index in [1.54, 1.807) is 11.6 Å². The molecule has 6 nitrogen and oxygen atoms in total. The molecule has 7 heteroatoms. The summed E-state index contributed by atoms with van der Waals surface area (Å²) in [4.78, 5) is 28.4. The van der Waals surface area contributed by atoms with Crippen molar-refractivity contribution >= 4 is 35.2 Å². The first-order chi connectivity index (χ1) is 14.0. The fourth-order valence-electron chi connectivity index (χ4n) is 4.24. The Morgan fingerprint density at radius 2 is 1.86 bits per heavy atom. The first kappa shape index (κ1) is 19.5. The van der Waals surface area contributed by atoms with Crippen molar-refractivity contribution in [2.45, 2.75) is 24.9 Å². The molecule has 0 unspecified atom stereocenters. The minimum atomic E-state index is -0.568. The lowest BCUT2D eigenvalue weighted by atomic mass is 10.1. The van der Waals surface area contributed by atoms with Gasteiger partial charge in [0.25, 0.3) is 5.91 Å². The minimum Gasteiger partial charge on any atom is -0.364 e. The van der Waals surface area contributed by atoms with Gasteiger partial charge in [0.1, 0.15) is 0 Å². The van der Waals surface area contributed by atoms with Gasteiger partial charge in [0.05, 0.1) is 12.5 Å². The van der Waals surface area contributed by atoms with E-state index in [0.29, 0.717) is 18.0 Å². The molecule has 0 aliphatic carbocycles. The van der Waals surface area contributed by atoms with Crippen LogP contribution >= 0.6 is 11.6 Å². The van der Waals surface area contributed by atoms with Crippen LogP contribution in [0, 0.1) is 0 Å². The van der Waals surface area contributed by atoms with Crippen LogP contribution in [0.3, 0.4) is 0 Å². The largest absolute Gasteiger partial charge is 0.364 e. The molecule has 0 spiro atoms. The smallest absolute Gasteiger partial charge is 0.267 e. The average Bonchev–Trinajstić information content (AvgIpc) is 3.35. The lowest BCUT2D eigenvalue weighted by Crippen LogP contribution is -2.49. The van der Waals surface area contributed by atoms with Gasteiger partial charge < -0.3 is 9.80 Å². The summed E-state index contributed by atoms with van der Waals surface area (Å²) in [7, 11) is 0. The molecule has 0 saturated carbocycles. The second-order valence-corrected chi connectivity index (χ2v) is 7.85. The maximum absolute atomic E-state index is 12.8. The topological polar surface area (TPSA) is 72.9 Å². The SMILES string of the molecule is O=C(/C=C/c1ccccc1N1C[C@@H]2C[C@H]1CN2C(=O)Cc1ccc(Cl)cc1)NO. The Kier molecular flexibility index (Phi) is 5.56. The van der Waals surface area contributed by atoms with Crippen LogP contribution in [-0.4, -0.2) is 47.1 Å². The summed E-state index contributed by atoms with van der Waals surface area (Å²) in [5.41, 5.74) is 4.51. The summed E-state index contributed by atoms with van der Waals surface area (Å²) >= 11 is 5.92. The number of hydrogen-bond donors (Lipinski definition) is 2. The zero-order chi connectivity index (χ0) is 20.4. The fraction of sp³-hybridized carbons (Fsp3) is 0.273. The number of para-hydroxylation sites is 1. The third-order valence-electron chi connectivity index (χ3n) is 5.60. The number of likely N-dealkylation sites (tertiary alicyclic amines) is 1. The van der Waals surface area contributed by atoms with E-state index in [2.05, 4.69) is 4.90 Å². The lowest BCUT2D eigenvalue weighted by molar-refractivity contribution is -0.131. The van der Waals surface area contributed by atoms with Crippen molar-refractivity contribution in [3.05, 3.63) is 70.8 Å². The van der Waals surface area contributed by atoms with Crippen LogP contribution in [0.15, 0.2) is 54.6 Å². The second-order valence-electron chi connectivity index (χ2n) is 7.41.